The first-order valence-corrected chi connectivity index (χ1v) is 7.93. The topological polar surface area (TPSA) is 71.0 Å². The summed E-state index contributed by atoms with van der Waals surface area (Å²) in [6.07, 6.45) is 1.12. The third-order valence-corrected chi connectivity index (χ3v) is 4.37. The second-order valence-electron chi connectivity index (χ2n) is 6.01. The van der Waals surface area contributed by atoms with E-state index in [1.54, 1.807) is 25.2 Å². The first-order valence-electron chi connectivity index (χ1n) is 7.93. The Morgan fingerprint density at radius 3 is 2.74 bits per heavy atom. The predicted octanol–water partition coefficient (Wildman–Crippen LogP) is 2.32. The van der Waals surface area contributed by atoms with Gasteiger partial charge in [0.25, 0.3) is 0 Å². The smallest absolute Gasteiger partial charge is 0.318 e. The number of piperidine rings is 1. The van der Waals surface area contributed by atoms with Crippen molar-refractivity contribution in [2.75, 3.05) is 20.8 Å². The van der Waals surface area contributed by atoms with Crippen LogP contribution in [-0.4, -0.2) is 48.9 Å². The molecule has 0 unspecified atom stereocenters. The molecule has 0 saturated carbocycles. The molecule has 1 aromatic carbocycles. The molecule has 0 aliphatic carbocycles. The molecule has 128 valence electrons. The predicted molar refractivity (Wildman–Crippen MR) is 87.9 cm³/mol. The summed E-state index contributed by atoms with van der Waals surface area (Å²) < 4.78 is 10.6. The number of nitrogens with zero attached hydrogens (tertiary/aromatic N) is 1. The van der Waals surface area contributed by atoms with Crippen LogP contribution < -0.4 is 14.8 Å². The van der Waals surface area contributed by atoms with E-state index in [4.69, 9.17) is 9.47 Å². The van der Waals surface area contributed by atoms with Crippen LogP contribution in [0, 0.1) is 0 Å². The van der Waals surface area contributed by atoms with Gasteiger partial charge in [-0.25, -0.2) is 4.79 Å². The average Bonchev–Trinajstić information content (AvgIpc) is 2.56. The number of urea groups is 1. The second-order valence-corrected chi connectivity index (χ2v) is 6.01. The maximum atomic E-state index is 12.5. The van der Waals surface area contributed by atoms with Crippen molar-refractivity contribution in [1.29, 1.82) is 0 Å². The highest BCUT2D eigenvalue weighted by atomic mass is 16.5. The Labute approximate surface area is 137 Å². The fraction of sp³-hybridized carbons (Fsp3) is 0.588. The minimum atomic E-state index is -0.442. The van der Waals surface area contributed by atoms with Gasteiger partial charge in [-0.1, -0.05) is 0 Å². The van der Waals surface area contributed by atoms with Gasteiger partial charge in [0.2, 0.25) is 0 Å². The standard InChI is InChI=1S/C17H26N2O4/c1-11-5-6-13(20)10-19(11)17(21)18-12(2)15-8-7-14(22-3)9-16(15)23-4/h7-9,11-13,20H,5-6,10H2,1-4H3,(H,18,21)/t11-,12+,13-/m0/s1. The molecular formula is C17H26N2O4. The zero-order chi connectivity index (χ0) is 17.0. The van der Waals surface area contributed by atoms with E-state index in [1.165, 1.54) is 0 Å². The van der Waals surface area contributed by atoms with Crippen molar-refractivity contribution in [2.24, 2.45) is 0 Å². The highest BCUT2D eigenvalue weighted by Crippen LogP contribution is 2.29. The SMILES string of the molecule is COc1ccc([C@@H](C)NC(=O)N2C[C@@H](O)CC[C@@H]2C)c(OC)c1. The van der Waals surface area contributed by atoms with E-state index >= 15 is 0 Å². The number of carbonyl (C=O) groups excluding carboxylic acids is 1. The highest BCUT2D eigenvalue weighted by Gasteiger charge is 2.29. The number of amides is 2. The summed E-state index contributed by atoms with van der Waals surface area (Å²) in [5, 5.41) is 12.8. The van der Waals surface area contributed by atoms with Gasteiger partial charge in [0.1, 0.15) is 11.5 Å². The molecule has 1 fully saturated rings. The maximum Gasteiger partial charge on any atom is 0.318 e. The van der Waals surface area contributed by atoms with Crippen LogP contribution >= 0.6 is 0 Å². The van der Waals surface area contributed by atoms with Gasteiger partial charge in [-0.05, 0) is 38.8 Å². The van der Waals surface area contributed by atoms with Crippen LogP contribution in [0.25, 0.3) is 0 Å². The van der Waals surface area contributed by atoms with E-state index in [0.717, 1.165) is 18.4 Å². The van der Waals surface area contributed by atoms with E-state index in [1.807, 2.05) is 26.0 Å². The molecule has 2 amide bonds. The Morgan fingerprint density at radius 2 is 2.09 bits per heavy atom. The number of benzene rings is 1. The van der Waals surface area contributed by atoms with Crippen LogP contribution in [-0.2, 0) is 0 Å². The molecule has 2 rings (SSSR count). The molecule has 6 heteroatoms. The Balaban J connectivity index is 2.09. The molecule has 0 aromatic heterocycles. The average molecular weight is 322 g/mol. The van der Waals surface area contributed by atoms with Gasteiger partial charge >= 0.3 is 6.03 Å². The Morgan fingerprint density at radius 1 is 1.35 bits per heavy atom. The van der Waals surface area contributed by atoms with Gasteiger partial charge in [-0.3, -0.25) is 0 Å². The molecule has 3 atom stereocenters. The summed E-state index contributed by atoms with van der Waals surface area (Å²) in [5.41, 5.74) is 0.881. The zero-order valence-electron chi connectivity index (χ0n) is 14.2. The van der Waals surface area contributed by atoms with Crippen molar-refractivity contribution in [3.8, 4) is 11.5 Å². The van der Waals surface area contributed by atoms with E-state index in [2.05, 4.69) is 5.32 Å². The lowest BCUT2D eigenvalue weighted by atomic mass is 10.0. The summed E-state index contributed by atoms with van der Waals surface area (Å²) in [6, 6.07) is 5.27. The summed E-state index contributed by atoms with van der Waals surface area (Å²) in [7, 11) is 3.19. The van der Waals surface area contributed by atoms with Crippen LogP contribution in [0.5, 0.6) is 11.5 Å². The summed E-state index contributed by atoms with van der Waals surface area (Å²) in [6.45, 7) is 4.29. The number of aliphatic hydroxyl groups is 1. The number of rotatable bonds is 4. The number of hydrogen-bond acceptors (Lipinski definition) is 4. The Hall–Kier alpha value is -1.95. The summed E-state index contributed by atoms with van der Waals surface area (Å²) in [4.78, 5) is 14.2. The molecule has 1 aliphatic heterocycles. The minimum absolute atomic E-state index is 0.128. The van der Waals surface area contributed by atoms with E-state index < -0.39 is 6.10 Å². The van der Waals surface area contributed by atoms with E-state index in [-0.39, 0.29) is 18.1 Å². The number of β-amino-alcohol motifs (C(OH)–C–C–N with tert-alkyl or cyclic N) is 1. The number of methoxy groups -OCH3 is 2. The quantitative estimate of drug-likeness (QED) is 0.892. The minimum Gasteiger partial charge on any atom is -0.497 e. The lowest BCUT2D eigenvalue weighted by Gasteiger charge is -2.36. The van der Waals surface area contributed by atoms with Crippen molar-refractivity contribution in [2.45, 2.75) is 44.9 Å². The van der Waals surface area contributed by atoms with E-state index in [9.17, 15) is 9.90 Å². The molecule has 1 heterocycles. The molecule has 0 bridgehead atoms. The number of ether oxygens (including phenoxy) is 2. The molecule has 23 heavy (non-hydrogen) atoms. The maximum absolute atomic E-state index is 12.5. The van der Waals surface area contributed by atoms with Crippen LogP contribution in [0.15, 0.2) is 18.2 Å². The molecule has 6 nitrogen and oxygen atoms in total. The molecule has 2 N–H and O–H groups in total. The first-order chi connectivity index (χ1) is 11.0. The van der Waals surface area contributed by atoms with Crippen molar-refractivity contribution in [3.05, 3.63) is 23.8 Å². The monoisotopic (exact) mass is 322 g/mol. The fourth-order valence-corrected chi connectivity index (χ4v) is 2.89. The number of carbonyl (C=O) groups is 1. The molecule has 1 aromatic rings. The molecular weight excluding hydrogens is 296 g/mol. The largest absolute Gasteiger partial charge is 0.497 e. The van der Waals surface area contributed by atoms with Gasteiger partial charge in [0, 0.05) is 24.2 Å². The van der Waals surface area contributed by atoms with Gasteiger partial charge < -0.3 is 24.8 Å². The molecule has 1 saturated heterocycles. The normalized spacial score (nSPS) is 22.4. The lowest BCUT2D eigenvalue weighted by molar-refractivity contribution is 0.0591. The van der Waals surface area contributed by atoms with Gasteiger partial charge in [0.05, 0.1) is 26.4 Å². The zero-order valence-corrected chi connectivity index (χ0v) is 14.2. The fourth-order valence-electron chi connectivity index (χ4n) is 2.89. The third-order valence-electron chi connectivity index (χ3n) is 4.37. The van der Waals surface area contributed by atoms with Crippen molar-refractivity contribution >= 4 is 6.03 Å². The van der Waals surface area contributed by atoms with Crippen molar-refractivity contribution < 1.29 is 19.4 Å². The molecule has 1 aliphatic rings. The molecule has 0 radical (unpaired) electrons. The van der Waals surface area contributed by atoms with Crippen LogP contribution in [0.2, 0.25) is 0 Å². The van der Waals surface area contributed by atoms with E-state index in [0.29, 0.717) is 18.0 Å². The summed E-state index contributed by atoms with van der Waals surface area (Å²) in [5.74, 6) is 1.38. The first kappa shape index (κ1) is 17.4. The Bertz CT molecular complexity index is 549. The molecule has 0 spiro atoms. The third kappa shape index (κ3) is 4.07. The highest BCUT2D eigenvalue weighted by molar-refractivity contribution is 5.75. The number of aliphatic hydroxyl groups excluding tert-OH is 1. The van der Waals surface area contributed by atoms with Gasteiger partial charge in [-0.2, -0.15) is 0 Å². The van der Waals surface area contributed by atoms with Crippen molar-refractivity contribution in [3.63, 3.8) is 0 Å². The number of likely N-dealkylation sites (tertiary alicyclic amines) is 1. The Kier molecular flexibility index (Phi) is 5.71. The lowest BCUT2D eigenvalue weighted by Crippen LogP contribution is -2.51. The van der Waals surface area contributed by atoms with Crippen LogP contribution in [0.4, 0.5) is 4.79 Å². The van der Waals surface area contributed by atoms with Crippen LogP contribution in [0.1, 0.15) is 38.3 Å². The number of hydrogen-bond donors (Lipinski definition) is 2. The van der Waals surface area contributed by atoms with Gasteiger partial charge in [-0.15, -0.1) is 0 Å². The summed E-state index contributed by atoms with van der Waals surface area (Å²) >= 11 is 0. The number of nitrogens with one attached hydrogen (secondary N) is 1. The van der Waals surface area contributed by atoms with Crippen molar-refractivity contribution in [1.82, 2.24) is 10.2 Å². The second kappa shape index (κ2) is 7.55. The van der Waals surface area contributed by atoms with Crippen LogP contribution in [0.3, 0.4) is 0 Å². The van der Waals surface area contributed by atoms with Gasteiger partial charge in [0.15, 0.2) is 0 Å².